The number of rotatable bonds is 2. The maximum absolute atomic E-state index is 6.27. The van der Waals surface area contributed by atoms with Gasteiger partial charge in [-0.3, -0.25) is 4.98 Å². The molecule has 3 rings (SSSR count). The van der Waals surface area contributed by atoms with E-state index in [4.69, 9.17) is 10.5 Å². The van der Waals surface area contributed by atoms with Crippen molar-refractivity contribution in [3.8, 4) is 0 Å². The number of nitrogens with two attached hydrogens (primary N) is 1. The lowest BCUT2D eigenvalue weighted by molar-refractivity contribution is -0.0553. The predicted octanol–water partition coefficient (Wildman–Crippen LogP) is 3.19. The zero-order valence-corrected chi connectivity index (χ0v) is 12.0. The van der Waals surface area contributed by atoms with Gasteiger partial charge in [0.25, 0.3) is 0 Å². The molecule has 4 nitrogen and oxygen atoms in total. The summed E-state index contributed by atoms with van der Waals surface area (Å²) in [6, 6.07) is 8.36. The Bertz CT molecular complexity index is 624. The van der Waals surface area contributed by atoms with Crippen LogP contribution in [0.4, 0.5) is 11.4 Å². The Morgan fingerprint density at radius 2 is 2.20 bits per heavy atom. The normalized spacial score (nSPS) is 21.8. The van der Waals surface area contributed by atoms with Gasteiger partial charge in [-0.05, 0) is 51.0 Å². The van der Waals surface area contributed by atoms with Gasteiger partial charge >= 0.3 is 0 Å². The smallest absolute Gasteiger partial charge is 0.0724 e. The van der Waals surface area contributed by atoms with E-state index < -0.39 is 0 Å². The van der Waals surface area contributed by atoms with Gasteiger partial charge in [0.1, 0.15) is 0 Å². The fraction of sp³-hybridized carbons (Fsp3) is 0.438. The molecule has 0 bridgehead atoms. The summed E-state index contributed by atoms with van der Waals surface area (Å²) in [5.74, 6) is 0. The first-order valence-electron chi connectivity index (χ1n) is 7.09. The third-order valence-corrected chi connectivity index (χ3v) is 3.88. The highest BCUT2D eigenvalue weighted by molar-refractivity contribution is 5.96. The van der Waals surface area contributed by atoms with Crippen LogP contribution in [0.1, 0.15) is 26.7 Å². The van der Waals surface area contributed by atoms with Gasteiger partial charge in [-0.15, -0.1) is 0 Å². The van der Waals surface area contributed by atoms with Gasteiger partial charge in [0.2, 0.25) is 0 Å². The molecular formula is C16H21N3O. The molecule has 0 aliphatic carbocycles. The Morgan fingerprint density at radius 3 is 3.00 bits per heavy atom. The molecule has 1 unspecified atom stereocenters. The van der Waals surface area contributed by atoms with Gasteiger partial charge in [-0.2, -0.15) is 0 Å². The summed E-state index contributed by atoms with van der Waals surface area (Å²) in [4.78, 5) is 4.33. The van der Waals surface area contributed by atoms with Crippen LogP contribution >= 0.6 is 0 Å². The molecule has 2 heterocycles. The van der Waals surface area contributed by atoms with Crippen molar-refractivity contribution in [1.29, 1.82) is 0 Å². The zero-order valence-electron chi connectivity index (χ0n) is 12.0. The lowest BCUT2D eigenvalue weighted by Gasteiger charge is -2.36. The molecule has 4 heteroatoms. The maximum Gasteiger partial charge on any atom is 0.0724 e. The van der Waals surface area contributed by atoms with Crippen molar-refractivity contribution in [2.45, 2.75) is 38.3 Å². The van der Waals surface area contributed by atoms with Crippen molar-refractivity contribution in [2.75, 3.05) is 17.7 Å². The molecule has 1 aromatic heterocycles. The van der Waals surface area contributed by atoms with Gasteiger partial charge in [-0.25, -0.2) is 0 Å². The monoisotopic (exact) mass is 271 g/mol. The summed E-state index contributed by atoms with van der Waals surface area (Å²) in [6.07, 6.45) is 3.78. The van der Waals surface area contributed by atoms with Crippen LogP contribution in [0.25, 0.3) is 10.9 Å². The number of pyridine rings is 1. The molecule has 1 atom stereocenters. The third kappa shape index (κ3) is 2.56. The molecule has 1 aromatic carbocycles. The van der Waals surface area contributed by atoms with Crippen molar-refractivity contribution in [1.82, 2.24) is 4.98 Å². The van der Waals surface area contributed by atoms with Crippen LogP contribution in [0.5, 0.6) is 0 Å². The molecule has 0 radical (unpaired) electrons. The standard InChI is InChI=1S/C16H21N3O/c1-16(2)10-11(7-9-20-16)19-14-6-5-13-12(15(14)17)4-3-8-18-13/h3-6,8,11,19H,7,9-10,17H2,1-2H3. The van der Waals surface area contributed by atoms with Crippen molar-refractivity contribution >= 4 is 22.3 Å². The largest absolute Gasteiger partial charge is 0.397 e. The Balaban J connectivity index is 1.86. The van der Waals surface area contributed by atoms with Gasteiger partial charge in [-0.1, -0.05) is 0 Å². The van der Waals surface area contributed by atoms with Crippen LogP contribution in [-0.4, -0.2) is 23.2 Å². The minimum Gasteiger partial charge on any atom is -0.397 e. The average molecular weight is 271 g/mol. The lowest BCUT2D eigenvalue weighted by Crippen LogP contribution is -2.40. The molecule has 2 aromatic rings. The van der Waals surface area contributed by atoms with E-state index in [9.17, 15) is 0 Å². The average Bonchev–Trinajstić information content (AvgIpc) is 2.41. The van der Waals surface area contributed by atoms with Crippen LogP contribution in [-0.2, 0) is 4.74 Å². The maximum atomic E-state index is 6.27. The van der Waals surface area contributed by atoms with Gasteiger partial charge in [0.05, 0.1) is 22.5 Å². The van der Waals surface area contributed by atoms with Crippen molar-refractivity contribution in [3.05, 3.63) is 30.5 Å². The van der Waals surface area contributed by atoms with E-state index in [1.165, 1.54) is 0 Å². The van der Waals surface area contributed by atoms with Crippen molar-refractivity contribution in [2.24, 2.45) is 0 Å². The molecule has 1 saturated heterocycles. The second kappa shape index (κ2) is 4.94. The molecule has 20 heavy (non-hydrogen) atoms. The first-order valence-corrected chi connectivity index (χ1v) is 7.09. The number of aromatic nitrogens is 1. The first-order chi connectivity index (χ1) is 9.55. The number of nitrogens with one attached hydrogen (secondary N) is 1. The van der Waals surface area contributed by atoms with Crippen LogP contribution in [0, 0.1) is 0 Å². The Hall–Kier alpha value is -1.81. The van der Waals surface area contributed by atoms with Crippen LogP contribution in [0.2, 0.25) is 0 Å². The van der Waals surface area contributed by atoms with Crippen LogP contribution in [0.3, 0.4) is 0 Å². The van der Waals surface area contributed by atoms with Crippen LogP contribution in [0.15, 0.2) is 30.5 Å². The van der Waals surface area contributed by atoms with E-state index >= 15 is 0 Å². The molecule has 0 amide bonds. The highest BCUT2D eigenvalue weighted by Crippen LogP contribution is 2.31. The summed E-state index contributed by atoms with van der Waals surface area (Å²) in [7, 11) is 0. The highest BCUT2D eigenvalue weighted by atomic mass is 16.5. The number of anilines is 2. The number of hydrogen-bond donors (Lipinski definition) is 2. The summed E-state index contributed by atoms with van der Waals surface area (Å²) >= 11 is 0. The molecule has 1 aliphatic heterocycles. The van der Waals surface area contributed by atoms with E-state index in [1.54, 1.807) is 6.20 Å². The summed E-state index contributed by atoms with van der Waals surface area (Å²) in [5, 5.41) is 4.57. The summed E-state index contributed by atoms with van der Waals surface area (Å²) in [6.45, 7) is 5.06. The van der Waals surface area contributed by atoms with Crippen LogP contribution < -0.4 is 11.1 Å². The quantitative estimate of drug-likeness (QED) is 0.824. The fourth-order valence-electron chi connectivity index (χ4n) is 2.88. The topological polar surface area (TPSA) is 60.2 Å². The second-order valence-electron chi connectivity index (χ2n) is 6.04. The molecule has 0 spiro atoms. The summed E-state index contributed by atoms with van der Waals surface area (Å²) in [5.41, 5.74) is 8.91. The third-order valence-electron chi connectivity index (χ3n) is 3.88. The molecule has 1 fully saturated rings. The van der Waals surface area contributed by atoms with Crippen molar-refractivity contribution in [3.63, 3.8) is 0 Å². The minimum atomic E-state index is -0.0664. The van der Waals surface area contributed by atoms with E-state index in [0.717, 1.165) is 41.7 Å². The van der Waals surface area contributed by atoms with Crippen molar-refractivity contribution < 1.29 is 4.74 Å². The summed E-state index contributed by atoms with van der Waals surface area (Å²) < 4.78 is 5.75. The zero-order chi connectivity index (χ0) is 14.2. The number of hydrogen-bond acceptors (Lipinski definition) is 4. The molecule has 3 N–H and O–H groups in total. The lowest BCUT2D eigenvalue weighted by atomic mass is 9.93. The second-order valence-corrected chi connectivity index (χ2v) is 6.04. The first kappa shape index (κ1) is 13.2. The molecule has 1 aliphatic rings. The number of ether oxygens (including phenoxy) is 1. The fourth-order valence-corrected chi connectivity index (χ4v) is 2.88. The predicted molar refractivity (Wildman–Crippen MR) is 82.8 cm³/mol. The van der Waals surface area contributed by atoms with Gasteiger partial charge in [0.15, 0.2) is 0 Å². The van der Waals surface area contributed by atoms with E-state index in [2.05, 4.69) is 24.1 Å². The molecule has 0 saturated carbocycles. The Labute approximate surface area is 119 Å². The Kier molecular flexibility index (Phi) is 3.26. The van der Waals surface area contributed by atoms with Gasteiger partial charge in [0, 0.05) is 24.2 Å². The highest BCUT2D eigenvalue weighted by Gasteiger charge is 2.29. The SMILES string of the molecule is CC1(C)CC(Nc2ccc3ncccc3c2N)CCO1. The Morgan fingerprint density at radius 1 is 1.35 bits per heavy atom. The van der Waals surface area contributed by atoms with E-state index in [0.29, 0.717) is 6.04 Å². The van der Waals surface area contributed by atoms with E-state index in [-0.39, 0.29) is 5.60 Å². The number of nitrogen functional groups attached to an aromatic ring is 1. The number of fused-ring (bicyclic) bond motifs is 1. The number of nitrogens with zero attached hydrogens (tertiary/aromatic N) is 1. The minimum absolute atomic E-state index is 0.0664. The molecule has 106 valence electrons. The number of benzene rings is 1. The molecular weight excluding hydrogens is 250 g/mol. The van der Waals surface area contributed by atoms with E-state index in [1.807, 2.05) is 24.3 Å². The van der Waals surface area contributed by atoms with Gasteiger partial charge < -0.3 is 15.8 Å².